The number of ether oxygens (including phenoxy) is 1. The molecular formula is C16H20ClN3O4. The third kappa shape index (κ3) is 7.64. The average Bonchev–Trinajstić information content (AvgIpc) is 2.52. The second-order valence-corrected chi connectivity index (χ2v) is 5.36. The Hall–Kier alpha value is -2.54. The minimum absolute atomic E-state index is 0.00842. The van der Waals surface area contributed by atoms with Gasteiger partial charge in [-0.1, -0.05) is 36.4 Å². The van der Waals surface area contributed by atoms with Crippen molar-refractivity contribution in [1.82, 2.24) is 10.6 Å². The minimum Gasteiger partial charge on any atom is -0.445 e. The summed E-state index contributed by atoms with van der Waals surface area (Å²) in [7, 11) is 0. The summed E-state index contributed by atoms with van der Waals surface area (Å²) in [4.78, 5) is 34.7. The van der Waals surface area contributed by atoms with Gasteiger partial charge in [0, 0.05) is 11.6 Å². The van der Waals surface area contributed by atoms with Crippen LogP contribution in [0.15, 0.2) is 36.9 Å². The fourth-order valence-electron chi connectivity index (χ4n) is 1.87. The Morgan fingerprint density at radius 3 is 2.75 bits per heavy atom. The molecule has 3 amide bonds. The molecule has 130 valence electrons. The number of primary amides is 1. The minimum atomic E-state index is -1.10. The predicted molar refractivity (Wildman–Crippen MR) is 90.4 cm³/mol. The summed E-state index contributed by atoms with van der Waals surface area (Å²) < 4.78 is 4.73. The summed E-state index contributed by atoms with van der Waals surface area (Å²) in [5, 5.41) is 5.54. The Balaban J connectivity index is 2.52. The Bertz CT molecular complexity index is 607. The van der Waals surface area contributed by atoms with Crippen molar-refractivity contribution in [2.45, 2.75) is 18.9 Å². The molecule has 0 saturated heterocycles. The van der Waals surface area contributed by atoms with Gasteiger partial charge in [-0.05, 0) is 24.1 Å². The first-order chi connectivity index (χ1) is 11.4. The van der Waals surface area contributed by atoms with E-state index >= 15 is 0 Å². The molecule has 24 heavy (non-hydrogen) atoms. The molecule has 4 N–H and O–H groups in total. The van der Waals surface area contributed by atoms with Crippen LogP contribution in [0.5, 0.6) is 0 Å². The summed E-state index contributed by atoms with van der Waals surface area (Å²) in [6.45, 7) is 3.71. The fraction of sp³-hybridized carbons (Fsp3) is 0.312. The molecule has 0 spiro atoms. The van der Waals surface area contributed by atoms with Crippen molar-refractivity contribution in [3.8, 4) is 0 Å². The van der Waals surface area contributed by atoms with Crippen molar-refractivity contribution in [3.63, 3.8) is 0 Å². The molecule has 1 aromatic carbocycles. The van der Waals surface area contributed by atoms with Crippen LogP contribution in [0.25, 0.3) is 0 Å². The number of hydrogen-bond acceptors (Lipinski definition) is 4. The van der Waals surface area contributed by atoms with E-state index in [9.17, 15) is 14.4 Å². The third-order valence-electron chi connectivity index (χ3n) is 2.95. The molecule has 0 bridgehead atoms. The van der Waals surface area contributed by atoms with Gasteiger partial charge in [-0.2, -0.15) is 0 Å². The van der Waals surface area contributed by atoms with Gasteiger partial charge in [-0.15, -0.1) is 0 Å². The molecule has 0 unspecified atom stereocenters. The molecule has 0 saturated carbocycles. The van der Waals surface area contributed by atoms with Gasteiger partial charge in [-0.25, -0.2) is 4.79 Å². The molecule has 0 radical (unpaired) electrons. The van der Waals surface area contributed by atoms with Crippen LogP contribution in [0.3, 0.4) is 0 Å². The Morgan fingerprint density at radius 1 is 1.38 bits per heavy atom. The summed E-state index contributed by atoms with van der Waals surface area (Å²) >= 11 is 5.89. The van der Waals surface area contributed by atoms with E-state index in [0.717, 1.165) is 5.56 Å². The van der Waals surface area contributed by atoms with Crippen molar-refractivity contribution < 1.29 is 19.1 Å². The standard InChI is InChI=1S/C16H20ClN3O4/c1-2-8-24-16(23)20-13(10-14(18)21)15(22)19-7-6-11-4-3-5-12(17)9-11/h2-5,9,13H,1,6-8,10H2,(H2,18,21)(H,19,22)(H,20,23)/t13-/m0/s1. The van der Waals surface area contributed by atoms with Gasteiger partial charge in [0.05, 0.1) is 6.42 Å². The van der Waals surface area contributed by atoms with Crippen LogP contribution in [-0.4, -0.2) is 37.1 Å². The van der Waals surface area contributed by atoms with Crippen LogP contribution >= 0.6 is 11.6 Å². The molecule has 8 heteroatoms. The van der Waals surface area contributed by atoms with Crippen molar-refractivity contribution in [2.24, 2.45) is 5.73 Å². The van der Waals surface area contributed by atoms with Crippen LogP contribution < -0.4 is 16.4 Å². The summed E-state index contributed by atoms with van der Waals surface area (Å²) in [6.07, 6.45) is 0.780. The largest absolute Gasteiger partial charge is 0.445 e. The highest BCUT2D eigenvalue weighted by Crippen LogP contribution is 2.10. The zero-order chi connectivity index (χ0) is 17.9. The maximum atomic E-state index is 12.1. The number of hydrogen-bond donors (Lipinski definition) is 3. The average molecular weight is 354 g/mol. The quantitative estimate of drug-likeness (QED) is 0.578. The van der Waals surface area contributed by atoms with Crippen LogP contribution in [0.2, 0.25) is 5.02 Å². The van der Waals surface area contributed by atoms with Crippen molar-refractivity contribution in [1.29, 1.82) is 0 Å². The van der Waals surface area contributed by atoms with E-state index in [1.807, 2.05) is 12.1 Å². The fourth-order valence-corrected chi connectivity index (χ4v) is 2.09. The zero-order valence-corrected chi connectivity index (χ0v) is 13.8. The lowest BCUT2D eigenvalue weighted by molar-refractivity contribution is -0.127. The summed E-state index contributed by atoms with van der Waals surface area (Å²) in [6, 6.07) is 6.14. The number of nitrogens with one attached hydrogen (secondary N) is 2. The molecule has 0 fully saturated rings. The number of alkyl carbamates (subject to hydrolysis) is 1. The molecular weight excluding hydrogens is 334 g/mol. The number of halogens is 1. The Morgan fingerprint density at radius 2 is 2.12 bits per heavy atom. The smallest absolute Gasteiger partial charge is 0.408 e. The first kappa shape index (κ1) is 19.5. The van der Waals surface area contributed by atoms with E-state index < -0.39 is 23.9 Å². The number of nitrogens with two attached hydrogens (primary N) is 1. The summed E-state index contributed by atoms with van der Waals surface area (Å²) in [5.41, 5.74) is 6.05. The molecule has 0 aromatic heterocycles. The van der Waals surface area contributed by atoms with E-state index in [0.29, 0.717) is 18.0 Å². The Kier molecular flexibility index (Phi) is 8.35. The molecule has 1 atom stereocenters. The predicted octanol–water partition coefficient (Wildman–Crippen LogP) is 1.15. The molecule has 1 rings (SSSR count). The van der Waals surface area contributed by atoms with E-state index in [-0.39, 0.29) is 13.0 Å². The van der Waals surface area contributed by atoms with Gasteiger partial charge in [-0.3, -0.25) is 9.59 Å². The number of amides is 3. The lowest BCUT2D eigenvalue weighted by atomic mass is 10.1. The number of benzene rings is 1. The zero-order valence-electron chi connectivity index (χ0n) is 13.1. The molecule has 0 aliphatic carbocycles. The molecule has 0 aliphatic rings. The first-order valence-corrected chi connectivity index (χ1v) is 7.64. The highest BCUT2D eigenvalue weighted by Gasteiger charge is 2.23. The lowest BCUT2D eigenvalue weighted by Crippen LogP contribution is -2.49. The normalized spacial score (nSPS) is 11.2. The van der Waals surface area contributed by atoms with Gasteiger partial charge in [0.2, 0.25) is 11.8 Å². The molecule has 0 aliphatic heterocycles. The van der Waals surface area contributed by atoms with Gasteiger partial charge >= 0.3 is 6.09 Å². The van der Waals surface area contributed by atoms with E-state index in [4.69, 9.17) is 22.1 Å². The van der Waals surface area contributed by atoms with E-state index in [2.05, 4.69) is 17.2 Å². The van der Waals surface area contributed by atoms with Gasteiger partial charge in [0.15, 0.2) is 0 Å². The van der Waals surface area contributed by atoms with Gasteiger partial charge < -0.3 is 21.1 Å². The van der Waals surface area contributed by atoms with E-state index in [1.54, 1.807) is 12.1 Å². The SMILES string of the molecule is C=CCOC(=O)N[C@@H](CC(N)=O)C(=O)NCCc1cccc(Cl)c1. The second kappa shape index (κ2) is 10.3. The van der Waals surface area contributed by atoms with E-state index in [1.165, 1.54) is 6.08 Å². The highest BCUT2D eigenvalue weighted by atomic mass is 35.5. The second-order valence-electron chi connectivity index (χ2n) is 4.93. The highest BCUT2D eigenvalue weighted by molar-refractivity contribution is 6.30. The number of rotatable bonds is 9. The molecule has 1 aromatic rings. The lowest BCUT2D eigenvalue weighted by Gasteiger charge is -2.16. The third-order valence-corrected chi connectivity index (χ3v) is 3.18. The molecule has 0 heterocycles. The first-order valence-electron chi connectivity index (χ1n) is 7.27. The number of carbonyl (C=O) groups is 3. The van der Waals surface area contributed by atoms with Crippen molar-refractivity contribution >= 4 is 29.5 Å². The summed E-state index contributed by atoms with van der Waals surface area (Å²) in [5.74, 6) is -1.24. The van der Waals surface area contributed by atoms with Crippen LogP contribution in [0.1, 0.15) is 12.0 Å². The van der Waals surface area contributed by atoms with Gasteiger partial charge in [0.25, 0.3) is 0 Å². The maximum absolute atomic E-state index is 12.1. The number of carbonyl (C=O) groups excluding carboxylic acids is 3. The van der Waals surface area contributed by atoms with Crippen LogP contribution in [0.4, 0.5) is 4.79 Å². The molecule has 7 nitrogen and oxygen atoms in total. The Labute approximate surface area is 145 Å². The monoisotopic (exact) mass is 353 g/mol. The maximum Gasteiger partial charge on any atom is 0.408 e. The van der Waals surface area contributed by atoms with Crippen molar-refractivity contribution in [3.05, 3.63) is 47.5 Å². The topological polar surface area (TPSA) is 111 Å². The van der Waals surface area contributed by atoms with Crippen molar-refractivity contribution in [2.75, 3.05) is 13.2 Å². The van der Waals surface area contributed by atoms with Crippen LogP contribution in [-0.2, 0) is 20.7 Å². The van der Waals surface area contributed by atoms with Crippen LogP contribution in [0, 0.1) is 0 Å². The van der Waals surface area contributed by atoms with Gasteiger partial charge in [0.1, 0.15) is 12.6 Å².